The van der Waals surface area contributed by atoms with Gasteiger partial charge in [-0.05, 0) is 106 Å². The van der Waals surface area contributed by atoms with Crippen LogP contribution in [0.15, 0.2) is 48.5 Å². The first kappa shape index (κ1) is 28.4. The van der Waals surface area contributed by atoms with Gasteiger partial charge in [0, 0.05) is 41.6 Å². The summed E-state index contributed by atoms with van der Waals surface area (Å²) >= 11 is 1.81. The third-order valence-corrected chi connectivity index (χ3v) is 8.25. The molecule has 0 bridgehead atoms. The van der Waals surface area contributed by atoms with Crippen molar-refractivity contribution in [2.24, 2.45) is 5.73 Å². The van der Waals surface area contributed by atoms with Crippen molar-refractivity contribution < 1.29 is 0 Å². The molecule has 2 fully saturated rings. The van der Waals surface area contributed by atoms with Crippen LogP contribution in [-0.2, 0) is 0 Å². The van der Waals surface area contributed by atoms with E-state index in [-0.39, 0.29) is 18.4 Å². The number of piperidine rings is 2. The Hall–Kier alpha value is -2.21. The molecule has 1 unspecified atom stereocenters. The fourth-order valence-corrected chi connectivity index (χ4v) is 6.06. The zero-order valence-electron chi connectivity index (χ0n) is 22.1. The van der Waals surface area contributed by atoms with Crippen molar-refractivity contribution in [1.29, 1.82) is 0 Å². The Bertz CT molecular complexity index is 1100. The quantitative estimate of drug-likeness (QED) is 0.348. The van der Waals surface area contributed by atoms with Gasteiger partial charge < -0.3 is 21.3 Å². The number of halogens is 1. The normalized spacial score (nSPS) is 16.6. The van der Waals surface area contributed by atoms with Gasteiger partial charge in [0.2, 0.25) is 0 Å². The van der Waals surface area contributed by atoms with Crippen LogP contribution in [0.4, 0.5) is 17.1 Å². The van der Waals surface area contributed by atoms with Crippen molar-refractivity contribution in [3.05, 3.63) is 75.0 Å². The van der Waals surface area contributed by atoms with Gasteiger partial charge in [0.05, 0.1) is 17.4 Å². The van der Waals surface area contributed by atoms with Crippen molar-refractivity contribution in [2.45, 2.75) is 65.3 Å². The Morgan fingerprint density at radius 1 is 0.694 bits per heavy atom. The maximum Gasteiger partial charge on any atom is 0.0666 e. The molecule has 1 atom stereocenters. The van der Waals surface area contributed by atoms with E-state index in [0.717, 1.165) is 31.9 Å². The molecule has 0 spiro atoms. The van der Waals surface area contributed by atoms with Gasteiger partial charge in [-0.15, -0.1) is 23.7 Å². The van der Waals surface area contributed by atoms with Crippen molar-refractivity contribution in [3.8, 4) is 0 Å². The Morgan fingerprint density at radius 3 is 1.78 bits per heavy atom. The highest BCUT2D eigenvalue weighted by atomic mass is 35.5. The molecule has 36 heavy (non-hydrogen) atoms. The first-order valence-corrected chi connectivity index (χ1v) is 14.0. The van der Waals surface area contributed by atoms with E-state index in [4.69, 9.17) is 11.5 Å². The average molecular weight is 527 g/mol. The number of thiophene rings is 1. The third-order valence-electron chi connectivity index (χ3n) is 7.17. The van der Waals surface area contributed by atoms with Crippen molar-refractivity contribution in [2.75, 3.05) is 41.7 Å². The Morgan fingerprint density at radius 2 is 1.22 bits per heavy atom. The van der Waals surface area contributed by atoms with E-state index in [1.165, 1.54) is 76.3 Å². The number of aryl methyl sites for hydroxylation is 3. The van der Waals surface area contributed by atoms with Crippen LogP contribution in [0.3, 0.4) is 0 Å². The zero-order valence-corrected chi connectivity index (χ0v) is 23.8. The second-order valence-electron chi connectivity index (χ2n) is 10.1. The minimum absolute atomic E-state index is 0. The maximum absolute atomic E-state index is 6.57. The Labute approximate surface area is 228 Å². The topological polar surface area (TPSA) is 58.5 Å². The van der Waals surface area contributed by atoms with Gasteiger partial charge in [0.25, 0.3) is 0 Å². The minimum Gasteiger partial charge on any atom is -0.397 e. The van der Waals surface area contributed by atoms with E-state index < -0.39 is 0 Å². The lowest BCUT2D eigenvalue weighted by Crippen LogP contribution is -2.31. The molecule has 5 rings (SSSR count). The number of nitrogens with two attached hydrogens (primary N) is 2. The Balaban J connectivity index is 0.000000210. The third kappa shape index (κ3) is 7.18. The van der Waals surface area contributed by atoms with Crippen LogP contribution in [0.5, 0.6) is 0 Å². The molecule has 4 N–H and O–H groups in total. The summed E-state index contributed by atoms with van der Waals surface area (Å²) in [6.45, 7) is 11.1. The van der Waals surface area contributed by atoms with Crippen LogP contribution in [-0.4, -0.2) is 26.2 Å². The summed E-state index contributed by atoms with van der Waals surface area (Å²) in [6, 6.07) is 17.3. The summed E-state index contributed by atoms with van der Waals surface area (Å²) in [4.78, 5) is 7.51. The number of hydrogen-bond acceptors (Lipinski definition) is 5. The van der Waals surface area contributed by atoms with Gasteiger partial charge in [-0.1, -0.05) is 18.2 Å². The van der Waals surface area contributed by atoms with E-state index in [1.807, 2.05) is 6.07 Å². The molecule has 0 radical (unpaired) electrons. The van der Waals surface area contributed by atoms with E-state index in [0.29, 0.717) is 0 Å². The molecule has 2 aliphatic heterocycles. The van der Waals surface area contributed by atoms with Crippen LogP contribution in [0.1, 0.15) is 71.0 Å². The first-order valence-electron chi connectivity index (χ1n) is 13.2. The van der Waals surface area contributed by atoms with Crippen LogP contribution in [0.25, 0.3) is 0 Å². The minimum atomic E-state index is -0.0128. The number of hydrogen-bond donors (Lipinski definition) is 2. The van der Waals surface area contributed by atoms with Gasteiger partial charge in [-0.2, -0.15) is 0 Å². The summed E-state index contributed by atoms with van der Waals surface area (Å²) in [5.41, 5.74) is 19.9. The van der Waals surface area contributed by atoms with E-state index in [1.54, 1.807) is 11.3 Å². The highest BCUT2D eigenvalue weighted by Crippen LogP contribution is 2.34. The predicted octanol–water partition coefficient (Wildman–Crippen LogP) is 7.39. The van der Waals surface area contributed by atoms with Crippen LogP contribution in [0.2, 0.25) is 0 Å². The Kier molecular flexibility index (Phi) is 10.5. The molecule has 0 aliphatic carbocycles. The molecule has 2 saturated heterocycles. The molecule has 1 aromatic heterocycles. The summed E-state index contributed by atoms with van der Waals surface area (Å²) in [6.07, 6.45) is 7.90. The van der Waals surface area contributed by atoms with Gasteiger partial charge in [-0.25, -0.2) is 0 Å². The van der Waals surface area contributed by atoms with E-state index in [9.17, 15) is 0 Å². The summed E-state index contributed by atoms with van der Waals surface area (Å²) in [7, 11) is 0. The SMILES string of the molecule is Cc1ccc(C(N)c2ccc(C)s2)c(N2CCCCC2)c1.Cc1ccc(N)c(N2CCCCC2)c1.Cl. The monoisotopic (exact) mass is 526 g/mol. The van der Waals surface area contributed by atoms with E-state index >= 15 is 0 Å². The fourth-order valence-electron chi connectivity index (χ4n) is 5.16. The summed E-state index contributed by atoms with van der Waals surface area (Å²) in [5, 5.41) is 0. The molecule has 3 aromatic rings. The van der Waals surface area contributed by atoms with Crippen LogP contribution >= 0.6 is 23.7 Å². The molecule has 2 aliphatic rings. The maximum atomic E-state index is 6.57. The van der Waals surface area contributed by atoms with Crippen molar-refractivity contribution >= 4 is 40.8 Å². The van der Waals surface area contributed by atoms with Crippen LogP contribution in [0, 0.1) is 20.8 Å². The lowest BCUT2D eigenvalue weighted by molar-refractivity contribution is 0.575. The average Bonchev–Trinajstić information content (AvgIpc) is 3.33. The number of nitrogen functional groups attached to an aromatic ring is 1. The van der Waals surface area contributed by atoms with Crippen LogP contribution < -0.4 is 21.3 Å². The smallest absolute Gasteiger partial charge is 0.0666 e. The fraction of sp³-hybridized carbons (Fsp3) is 0.467. The van der Waals surface area contributed by atoms with Gasteiger partial charge in [-0.3, -0.25) is 0 Å². The van der Waals surface area contributed by atoms with Gasteiger partial charge >= 0.3 is 0 Å². The molecule has 6 heteroatoms. The molecule has 0 saturated carbocycles. The standard InChI is InChI=1S/C18H24N2S.C12H18N2.ClH/c1-13-6-8-15(18(19)17-9-7-14(2)21-17)16(12-13)20-10-4-3-5-11-20;1-10-5-6-11(13)12(9-10)14-7-3-2-4-8-14;/h6-9,12,18H,3-5,10-11,19H2,1-2H3;5-6,9H,2-4,7-8,13H2,1H3;1H. The first-order chi connectivity index (χ1) is 16.9. The molecular weight excluding hydrogens is 484 g/mol. The second kappa shape index (κ2) is 13.4. The molecule has 2 aromatic carbocycles. The van der Waals surface area contributed by atoms with Gasteiger partial charge in [0.1, 0.15) is 0 Å². The number of nitrogens with zero attached hydrogens (tertiary/aromatic N) is 2. The highest BCUT2D eigenvalue weighted by molar-refractivity contribution is 7.12. The lowest BCUT2D eigenvalue weighted by atomic mass is 9.99. The molecule has 3 heterocycles. The number of rotatable bonds is 4. The zero-order chi connectivity index (χ0) is 24.8. The highest BCUT2D eigenvalue weighted by Gasteiger charge is 2.20. The van der Waals surface area contributed by atoms with Gasteiger partial charge in [0.15, 0.2) is 0 Å². The van der Waals surface area contributed by atoms with E-state index in [2.05, 4.69) is 73.0 Å². The molecule has 0 amide bonds. The number of benzene rings is 2. The lowest BCUT2D eigenvalue weighted by Gasteiger charge is -2.32. The largest absolute Gasteiger partial charge is 0.397 e. The molecule has 4 nitrogen and oxygen atoms in total. The number of anilines is 3. The summed E-state index contributed by atoms with van der Waals surface area (Å²) < 4.78 is 0. The predicted molar refractivity (Wildman–Crippen MR) is 161 cm³/mol. The van der Waals surface area contributed by atoms with Crippen molar-refractivity contribution in [3.63, 3.8) is 0 Å². The molecular formula is C30H43ClN4S. The molecule has 196 valence electrons. The second-order valence-corrected chi connectivity index (χ2v) is 11.5. The van der Waals surface area contributed by atoms with Crippen molar-refractivity contribution in [1.82, 2.24) is 0 Å². The summed E-state index contributed by atoms with van der Waals surface area (Å²) in [5.74, 6) is 0.